The summed E-state index contributed by atoms with van der Waals surface area (Å²) in [6.45, 7) is 2.77. The van der Waals surface area contributed by atoms with Gasteiger partial charge in [0, 0.05) is 25.9 Å². The second-order valence-electron chi connectivity index (χ2n) is 3.19. The minimum absolute atomic E-state index is 0.368. The topological polar surface area (TPSA) is 38.8 Å². The lowest BCUT2D eigenvalue weighted by Crippen LogP contribution is -2.44. The maximum Gasteiger partial charge on any atom is 0.312 e. The van der Waals surface area contributed by atoms with Crippen LogP contribution in [-0.4, -0.2) is 43.4 Å². The molecule has 12 heavy (non-hydrogen) atoms. The number of ether oxygens (including phenoxy) is 2. The van der Waals surface area contributed by atoms with E-state index in [9.17, 15) is 4.79 Å². The molecular formula is C8H12NO3. The number of amides is 1. The summed E-state index contributed by atoms with van der Waals surface area (Å²) >= 11 is 0. The van der Waals surface area contributed by atoms with E-state index in [0.717, 1.165) is 12.8 Å². The van der Waals surface area contributed by atoms with Crippen LogP contribution in [0.2, 0.25) is 0 Å². The molecule has 2 fully saturated rings. The first-order valence-electron chi connectivity index (χ1n) is 4.25. The first kappa shape index (κ1) is 8.01. The summed E-state index contributed by atoms with van der Waals surface area (Å²) < 4.78 is 11.0. The average Bonchev–Trinajstić information content (AvgIpc) is 2.55. The molecule has 0 aromatic carbocycles. The number of piperidine rings is 1. The lowest BCUT2D eigenvalue weighted by molar-refractivity contribution is -0.180. The van der Waals surface area contributed by atoms with Crippen molar-refractivity contribution in [3.05, 3.63) is 0 Å². The van der Waals surface area contributed by atoms with Crippen LogP contribution in [0.3, 0.4) is 0 Å². The number of hydrogen-bond acceptors (Lipinski definition) is 3. The molecule has 0 aliphatic carbocycles. The van der Waals surface area contributed by atoms with Crippen molar-refractivity contribution in [1.82, 2.24) is 4.90 Å². The van der Waals surface area contributed by atoms with Gasteiger partial charge in [-0.15, -0.1) is 0 Å². The highest BCUT2D eigenvalue weighted by atomic mass is 16.7. The third-order valence-corrected chi connectivity index (χ3v) is 2.47. The second kappa shape index (κ2) is 3.03. The fourth-order valence-electron chi connectivity index (χ4n) is 1.72. The molecule has 0 saturated carbocycles. The van der Waals surface area contributed by atoms with E-state index < -0.39 is 0 Å². The quantitative estimate of drug-likeness (QED) is 0.551. The van der Waals surface area contributed by atoms with E-state index in [1.807, 2.05) is 6.41 Å². The highest BCUT2D eigenvalue weighted by Crippen LogP contribution is 2.30. The average molecular weight is 170 g/mol. The van der Waals surface area contributed by atoms with Crippen molar-refractivity contribution < 1.29 is 14.3 Å². The van der Waals surface area contributed by atoms with Crippen molar-refractivity contribution in [3.8, 4) is 0 Å². The van der Waals surface area contributed by atoms with Gasteiger partial charge in [-0.1, -0.05) is 0 Å². The van der Waals surface area contributed by atoms with Crippen LogP contribution >= 0.6 is 0 Å². The van der Waals surface area contributed by atoms with Crippen LogP contribution in [0.5, 0.6) is 0 Å². The molecule has 1 radical (unpaired) electrons. The summed E-state index contributed by atoms with van der Waals surface area (Å²) in [4.78, 5) is 11.9. The van der Waals surface area contributed by atoms with Crippen molar-refractivity contribution >= 4 is 6.41 Å². The molecule has 4 nitrogen and oxygen atoms in total. The number of likely N-dealkylation sites (tertiary alicyclic amines) is 1. The summed E-state index contributed by atoms with van der Waals surface area (Å²) in [7, 11) is 0. The SMILES string of the molecule is O=[C]N1CCC2(CC1)OCCO2. The Bertz CT molecular complexity index is 167. The molecule has 2 saturated heterocycles. The maximum atomic E-state index is 10.3. The summed E-state index contributed by atoms with van der Waals surface area (Å²) in [6, 6.07) is 0. The van der Waals surface area contributed by atoms with Crippen LogP contribution < -0.4 is 0 Å². The first-order chi connectivity index (χ1) is 5.85. The van der Waals surface area contributed by atoms with E-state index in [1.165, 1.54) is 0 Å². The van der Waals surface area contributed by atoms with Crippen LogP contribution in [0.25, 0.3) is 0 Å². The van der Waals surface area contributed by atoms with Gasteiger partial charge in [0.1, 0.15) is 0 Å². The Morgan fingerprint density at radius 2 is 1.75 bits per heavy atom. The van der Waals surface area contributed by atoms with Crippen LogP contribution in [0.15, 0.2) is 0 Å². The van der Waals surface area contributed by atoms with Gasteiger partial charge in [-0.3, -0.25) is 4.79 Å². The highest BCUT2D eigenvalue weighted by molar-refractivity contribution is 5.48. The van der Waals surface area contributed by atoms with Gasteiger partial charge in [0.15, 0.2) is 5.79 Å². The van der Waals surface area contributed by atoms with Gasteiger partial charge in [0.05, 0.1) is 13.2 Å². The molecule has 0 bridgehead atoms. The summed E-state index contributed by atoms with van der Waals surface area (Å²) in [5.41, 5.74) is 0. The van der Waals surface area contributed by atoms with Crippen molar-refractivity contribution in [3.63, 3.8) is 0 Å². The Balaban J connectivity index is 1.92. The van der Waals surface area contributed by atoms with Gasteiger partial charge in [-0.05, 0) is 0 Å². The Kier molecular flexibility index (Phi) is 2.02. The van der Waals surface area contributed by atoms with E-state index in [0.29, 0.717) is 26.3 Å². The van der Waals surface area contributed by atoms with E-state index >= 15 is 0 Å². The number of hydrogen-bond donors (Lipinski definition) is 0. The zero-order valence-electron chi connectivity index (χ0n) is 6.91. The highest BCUT2D eigenvalue weighted by Gasteiger charge is 2.39. The smallest absolute Gasteiger partial charge is 0.312 e. The third-order valence-electron chi connectivity index (χ3n) is 2.47. The Hall–Kier alpha value is -0.610. The fourth-order valence-corrected chi connectivity index (χ4v) is 1.72. The summed E-state index contributed by atoms with van der Waals surface area (Å²) in [5, 5.41) is 0. The Morgan fingerprint density at radius 1 is 1.17 bits per heavy atom. The molecule has 1 amide bonds. The molecule has 2 heterocycles. The molecule has 1 spiro atoms. The van der Waals surface area contributed by atoms with Gasteiger partial charge in [0.2, 0.25) is 0 Å². The molecule has 2 aliphatic rings. The molecule has 0 unspecified atom stereocenters. The first-order valence-corrected chi connectivity index (χ1v) is 4.25. The standard InChI is InChI=1S/C8H12NO3/c10-7-9-3-1-8(2-4-9)11-5-6-12-8/h1-6H2. The van der Waals surface area contributed by atoms with Crippen LogP contribution in [-0.2, 0) is 14.3 Å². The second-order valence-corrected chi connectivity index (χ2v) is 3.19. The van der Waals surface area contributed by atoms with E-state index in [1.54, 1.807) is 4.90 Å². The summed E-state index contributed by atoms with van der Waals surface area (Å²) in [5.74, 6) is -0.368. The van der Waals surface area contributed by atoms with Crippen LogP contribution in [0, 0.1) is 0 Å². The van der Waals surface area contributed by atoms with Gasteiger partial charge in [-0.2, -0.15) is 0 Å². The fraction of sp³-hybridized carbons (Fsp3) is 0.875. The lowest BCUT2D eigenvalue weighted by atomic mass is 10.0. The van der Waals surface area contributed by atoms with Crippen molar-refractivity contribution in [2.45, 2.75) is 18.6 Å². The zero-order valence-corrected chi connectivity index (χ0v) is 6.91. The normalized spacial score (nSPS) is 27.8. The summed E-state index contributed by atoms with van der Waals surface area (Å²) in [6.07, 6.45) is 3.44. The molecule has 2 aliphatic heterocycles. The molecule has 0 atom stereocenters. The van der Waals surface area contributed by atoms with Crippen molar-refractivity contribution in [2.75, 3.05) is 26.3 Å². The molecule has 4 heteroatoms. The zero-order chi connectivity index (χ0) is 8.44. The molecule has 0 aromatic rings. The van der Waals surface area contributed by atoms with E-state index in [4.69, 9.17) is 9.47 Å². The molecule has 0 N–H and O–H groups in total. The Morgan fingerprint density at radius 3 is 2.25 bits per heavy atom. The van der Waals surface area contributed by atoms with Crippen molar-refractivity contribution in [2.24, 2.45) is 0 Å². The predicted octanol–water partition coefficient (Wildman–Crippen LogP) is -0.107. The lowest BCUT2D eigenvalue weighted by Gasteiger charge is -2.35. The van der Waals surface area contributed by atoms with Gasteiger partial charge < -0.3 is 14.4 Å². The molecular weight excluding hydrogens is 158 g/mol. The molecule has 67 valence electrons. The monoisotopic (exact) mass is 170 g/mol. The number of rotatable bonds is 1. The maximum absolute atomic E-state index is 10.3. The van der Waals surface area contributed by atoms with E-state index in [2.05, 4.69) is 0 Å². The van der Waals surface area contributed by atoms with Gasteiger partial charge in [0.25, 0.3) is 0 Å². The minimum atomic E-state index is -0.368. The van der Waals surface area contributed by atoms with Gasteiger partial charge in [-0.25, -0.2) is 0 Å². The predicted molar refractivity (Wildman–Crippen MR) is 41.1 cm³/mol. The minimum Gasteiger partial charge on any atom is -0.347 e. The van der Waals surface area contributed by atoms with Gasteiger partial charge >= 0.3 is 6.41 Å². The largest absolute Gasteiger partial charge is 0.347 e. The Labute approximate surface area is 71.4 Å². The number of carbonyl (C=O) groups excluding carboxylic acids is 1. The third kappa shape index (κ3) is 1.32. The van der Waals surface area contributed by atoms with Crippen LogP contribution in [0.4, 0.5) is 0 Å². The van der Waals surface area contributed by atoms with Crippen molar-refractivity contribution in [1.29, 1.82) is 0 Å². The van der Waals surface area contributed by atoms with E-state index in [-0.39, 0.29) is 5.79 Å². The van der Waals surface area contributed by atoms with Crippen LogP contribution in [0.1, 0.15) is 12.8 Å². The molecule has 0 aromatic heterocycles. The molecule has 2 rings (SSSR count). The number of nitrogens with zero attached hydrogens (tertiary/aromatic N) is 1.